The van der Waals surface area contributed by atoms with Gasteiger partial charge in [0.2, 0.25) is 5.88 Å². The van der Waals surface area contributed by atoms with Crippen LogP contribution in [0.1, 0.15) is 41.9 Å². The van der Waals surface area contributed by atoms with E-state index in [1.54, 1.807) is 12.3 Å². The van der Waals surface area contributed by atoms with Crippen LogP contribution < -0.4 is 10.1 Å². The quantitative estimate of drug-likeness (QED) is 0.704. The number of aromatic amines is 1. The fourth-order valence-electron chi connectivity index (χ4n) is 2.87. The van der Waals surface area contributed by atoms with Crippen molar-refractivity contribution >= 4 is 16.8 Å². The number of nitrogens with zero attached hydrogens (tertiary/aromatic N) is 1. The first-order chi connectivity index (χ1) is 12.6. The average Bonchev–Trinajstić information content (AvgIpc) is 3.38. The number of aromatic nitrogens is 2. The number of hydrogen-bond acceptors (Lipinski definition) is 3. The van der Waals surface area contributed by atoms with E-state index in [0.29, 0.717) is 34.9 Å². The van der Waals surface area contributed by atoms with Crippen molar-refractivity contribution < 1.29 is 13.9 Å². The first kappa shape index (κ1) is 16.6. The Kier molecular flexibility index (Phi) is 4.32. The van der Waals surface area contributed by atoms with E-state index in [2.05, 4.69) is 15.3 Å². The molecule has 4 rings (SSSR count). The average molecular weight is 353 g/mol. The zero-order chi connectivity index (χ0) is 18.1. The topological polar surface area (TPSA) is 67.0 Å². The molecule has 1 amide bonds. The molecule has 0 spiro atoms. The second kappa shape index (κ2) is 6.78. The molecule has 5 nitrogen and oxygen atoms in total. The van der Waals surface area contributed by atoms with Gasteiger partial charge in [0.15, 0.2) is 0 Å². The third-order valence-electron chi connectivity index (χ3n) is 4.59. The summed E-state index contributed by atoms with van der Waals surface area (Å²) in [6.45, 7) is 2.57. The number of fused-ring (bicyclic) bond motifs is 1. The monoisotopic (exact) mass is 353 g/mol. The molecular formula is C20H20FN3O2. The minimum absolute atomic E-state index is 0.235. The van der Waals surface area contributed by atoms with Gasteiger partial charge in [0.25, 0.3) is 5.91 Å². The maximum Gasteiger partial charge on any atom is 0.253 e. The van der Waals surface area contributed by atoms with Gasteiger partial charge in [-0.2, -0.15) is 0 Å². The van der Waals surface area contributed by atoms with Crippen LogP contribution in [0.4, 0.5) is 4.39 Å². The number of halogens is 1. The van der Waals surface area contributed by atoms with Crippen LogP contribution in [-0.2, 0) is 0 Å². The maximum absolute atomic E-state index is 13.3. The number of rotatable bonds is 6. The first-order valence-electron chi connectivity index (χ1n) is 8.77. The lowest BCUT2D eigenvalue weighted by molar-refractivity contribution is 0.0940. The summed E-state index contributed by atoms with van der Waals surface area (Å²) in [6, 6.07) is 9.61. The summed E-state index contributed by atoms with van der Waals surface area (Å²) in [7, 11) is 0. The van der Waals surface area contributed by atoms with Crippen molar-refractivity contribution in [2.45, 2.75) is 25.8 Å². The zero-order valence-corrected chi connectivity index (χ0v) is 14.5. The standard InChI is InChI=1S/C20H20FN3O2/c1-12(17-3-2-4-19(24-17)26-11-13-5-6-13)23-20(25)16-10-22-18-9-14(21)7-8-15(16)18/h2-4,7-10,12-13,22H,5-6,11H2,1H3,(H,23,25)/t12-/m1/s1. The van der Waals surface area contributed by atoms with Gasteiger partial charge in [0.05, 0.1) is 23.9 Å². The van der Waals surface area contributed by atoms with Gasteiger partial charge >= 0.3 is 0 Å². The minimum Gasteiger partial charge on any atom is -0.477 e. The molecule has 1 aliphatic rings. The van der Waals surface area contributed by atoms with Gasteiger partial charge in [-0.25, -0.2) is 9.37 Å². The van der Waals surface area contributed by atoms with Gasteiger partial charge in [-0.15, -0.1) is 0 Å². The Hall–Kier alpha value is -2.89. The van der Waals surface area contributed by atoms with E-state index in [0.717, 1.165) is 5.69 Å². The van der Waals surface area contributed by atoms with Crippen molar-refractivity contribution in [3.63, 3.8) is 0 Å². The molecule has 26 heavy (non-hydrogen) atoms. The summed E-state index contributed by atoms with van der Waals surface area (Å²) in [5.74, 6) is 0.663. The molecular weight excluding hydrogens is 333 g/mol. The highest BCUT2D eigenvalue weighted by Crippen LogP contribution is 2.29. The molecule has 0 saturated heterocycles. The summed E-state index contributed by atoms with van der Waals surface area (Å²) < 4.78 is 19.0. The van der Waals surface area contributed by atoms with Crippen molar-refractivity contribution in [3.8, 4) is 5.88 Å². The smallest absolute Gasteiger partial charge is 0.253 e. The molecule has 3 aromatic rings. The van der Waals surface area contributed by atoms with Crippen molar-refractivity contribution in [2.24, 2.45) is 5.92 Å². The molecule has 1 saturated carbocycles. The van der Waals surface area contributed by atoms with Crippen LogP contribution in [0.2, 0.25) is 0 Å². The molecule has 0 unspecified atom stereocenters. The molecule has 0 aliphatic heterocycles. The predicted molar refractivity (Wildman–Crippen MR) is 96.6 cm³/mol. The number of pyridine rings is 1. The summed E-state index contributed by atoms with van der Waals surface area (Å²) in [5.41, 5.74) is 1.81. The molecule has 6 heteroatoms. The molecule has 134 valence electrons. The molecule has 0 radical (unpaired) electrons. The van der Waals surface area contributed by atoms with Gasteiger partial charge in [-0.1, -0.05) is 6.07 Å². The van der Waals surface area contributed by atoms with Gasteiger partial charge in [-0.3, -0.25) is 4.79 Å². The third kappa shape index (κ3) is 3.54. The van der Waals surface area contributed by atoms with E-state index in [1.807, 2.05) is 25.1 Å². The van der Waals surface area contributed by atoms with Gasteiger partial charge in [0.1, 0.15) is 5.82 Å². The highest BCUT2D eigenvalue weighted by Gasteiger charge is 2.22. The molecule has 1 aliphatic carbocycles. The predicted octanol–water partition coefficient (Wildman–Crippen LogP) is 3.98. The molecule has 0 bridgehead atoms. The number of carbonyl (C=O) groups is 1. The lowest BCUT2D eigenvalue weighted by Crippen LogP contribution is -2.27. The number of amides is 1. The van der Waals surface area contributed by atoms with E-state index < -0.39 is 0 Å². The Bertz CT molecular complexity index is 949. The third-order valence-corrected chi connectivity index (χ3v) is 4.59. The Morgan fingerprint density at radius 2 is 2.23 bits per heavy atom. The highest BCUT2D eigenvalue weighted by molar-refractivity contribution is 6.06. The van der Waals surface area contributed by atoms with Crippen LogP contribution in [-0.4, -0.2) is 22.5 Å². The highest BCUT2D eigenvalue weighted by atomic mass is 19.1. The van der Waals surface area contributed by atoms with Crippen molar-refractivity contribution in [3.05, 3.63) is 59.7 Å². The van der Waals surface area contributed by atoms with Crippen LogP contribution in [0.15, 0.2) is 42.6 Å². The molecule has 2 N–H and O–H groups in total. The lowest BCUT2D eigenvalue weighted by atomic mass is 10.1. The van der Waals surface area contributed by atoms with Gasteiger partial charge in [-0.05, 0) is 49.9 Å². The fourth-order valence-corrected chi connectivity index (χ4v) is 2.87. The maximum atomic E-state index is 13.3. The fraction of sp³-hybridized carbons (Fsp3) is 0.300. The second-order valence-electron chi connectivity index (χ2n) is 6.74. The molecule has 1 aromatic carbocycles. The number of ether oxygens (including phenoxy) is 1. The molecule has 1 fully saturated rings. The van der Waals surface area contributed by atoms with Crippen molar-refractivity contribution in [1.82, 2.24) is 15.3 Å². The van der Waals surface area contributed by atoms with Crippen LogP contribution in [0.3, 0.4) is 0 Å². The van der Waals surface area contributed by atoms with E-state index in [4.69, 9.17) is 4.74 Å². The Morgan fingerprint density at radius 3 is 3.04 bits per heavy atom. The van der Waals surface area contributed by atoms with E-state index in [9.17, 15) is 9.18 Å². The number of carbonyl (C=O) groups excluding carboxylic acids is 1. The first-order valence-corrected chi connectivity index (χ1v) is 8.77. The number of nitrogens with one attached hydrogen (secondary N) is 2. The van der Waals surface area contributed by atoms with E-state index in [1.165, 1.54) is 25.0 Å². The number of H-pyrrole nitrogens is 1. The SMILES string of the molecule is C[C@@H](NC(=O)c1c[nH]c2cc(F)ccc12)c1cccc(OCC2CC2)n1. The Labute approximate surface area is 150 Å². The van der Waals surface area contributed by atoms with E-state index in [-0.39, 0.29) is 17.8 Å². The van der Waals surface area contributed by atoms with Crippen molar-refractivity contribution in [1.29, 1.82) is 0 Å². The zero-order valence-electron chi connectivity index (χ0n) is 14.5. The normalized spacial score (nSPS) is 15.0. The second-order valence-corrected chi connectivity index (χ2v) is 6.74. The van der Waals surface area contributed by atoms with Crippen molar-refractivity contribution in [2.75, 3.05) is 6.61 Å². The van der Waals surface area contributed by atoms with Crippen LogP contribution in [0.25, 0.3) is 10.9 Å². The summed E-state index contributed by atoms with van der Waals surface area (Å²) in [5, 5.41) is 3.62. The van der Waals surface area contributed by atoms with Crippen LogP contribution >= 0.6 is 0 Å². The van der Waals surface area contributed by atoms with Gasteiger partial charge in [0, 0.05) is 23.2 Å². The molecule has 1 atom stereocenters. The summed E-state index contributed by atoms with van der Waals surface area (Å²) >= 11 is 0. The van der Waals surface area contributed by atoms with Crippen LogP contribution in [0, 0.1) is 11.7 Å². The lowest BCUT2D eigenvalue weighted by Gasteiger charge is -2.14. The largest absolute Gasteiger partial charge is 0.477 e. The Balaban J connectivity index is 1.47. The van der Waals surface area contributed by atoms with Gasteiger partial charge < -0.3 is 15.0 Å². The number of benzene rings is 1. The van der Waals surface area contributed by atoms with E-state index >= 15 is 0 Å². The summed E-state index contributed by atoms with van der Waals surface area (Å²) in [6.07, 6.45) is 4.04. The van der Waals surface area contributed by atoms with Crippen LogP contribution in [0.5, 0.6) is 5.88 Å². The minimum atomic E-state index is -0.341. The molecule has 2 aromatic heterocycles. The summed E-state index contributed by atoms with van der Waals surface area (Å²) in [4.78, 5) is 20.0. The Morgan fingerprint density at radius 1 is 1.38 bits per heavy atom. The molecule has 2 heterocycles. The number of hydrogen-bond donors (Lipinski definition) is 2.